The summed E-state index contributed by atoms with van der Waals surface area (Å²) in [4.78, 5) is 0. The number of para-hydroxylation sites is 1. The summed E-state index contributed by atoms with van der Waals surface area (Å²) in [7, 11) is 0. The predicted octanol–water partition coefficient (Wildman–Crippen LogP) is 3.46. The molecule has 0 saturated carbocycles. The Morgan fingerprint density at radius 1 is 0.485 bits per heavy atom. The minimum absolute atomic E-state index is 0. The van der Waals surface area contributed by atoms with Gasteiger partial charge in [-0.05, 0) is 35.4 Å². The van der Waals surface area contributed by atoms with Crippen molar-refractivity contribution in [2.24, 2.45) is 0 Å². The zero-order valence-corrected chi connectivity index (χ0v) is 18.9. The summed E-state index contributed by atoms with van der Waals surface area (Å²) in [6.45, 7) is -0.0218. The number of halogens is 1. The van der Waals surface area contributed by atoms with E-state index in [0.717, 1.165) is 39.3 Å². The third-order valence-corrected chi connectivity index (χ3v) is 5.72. The van der Waals surface area contributed by atoms with Crippen LogP contribution in [0.4, 0.5) is 0 Å². The van der Waals surface area contributed by atoms with Gasteiger partial charge in [-0.1, -0.05) is 84.9 Å². The quantitative estimate of drug-likeness (QED) is 0.408. The Morgan fingerprint density at radius 3 is 1.39 bits per heavy atom. The summed E-state index contributed by atoms with van der Waals surface area (Å²) in [5.74, 6) is 0. The molecule has 33 heavy (non-hydrogen) atoms. The molecule has 1 heterocycles. The van der Waals surface area contributed by atoms with Crippen LogP contribution in [0, 0.1) is 0 Å². The Morgan fingerprint density at radius 2 is 0.909 bits per heavy atom. The molecule has 0 spiro atoms. The van der Waals surface area contributed by atoms with E-state index in [2.05, 4.69) is 95.6 Å². The van der Waals surface area contributed by atoms with Gasteiger partial charge in [0.2, 0.25) is 17.1 Å². The van der Waals surface area contributed by atoms with Crippen LogP contribution in [0.1, 0.15) is 5.56 Å². The predicted molar refractivity (Wildman–Crippen MR) is 130 cm³/mol. The number of aromatic nitrogens is 1. The van der Waals surface area contributed by atoms with Crippen LogP contribution >= 0.6 is 0 Å². The first-order chi connectivity index (χ1) is 15.8. The van der Waals surface area contributed by atoms with Crippen molar-refractivity contribution in [1.29, 1.82) is 0 Å². The summed E-state index contributed by atoms with van der Waals surface area (Å²) in [5.41, 5.74) is 8.58. The summed E-state index contributed by atoms with van der Waals surface area (Å²) < 4.78 is 2.27. The van der Waals surface area contributed by atoms with Crippen molar-refractivity contribution in [1.82, 2.24) is 0 Å². The van der Waals surface area contributed by atoms with Gasteiger partial charge in [-0.3, -0.25) is 0 Å². The normalized spacial score (nSPS) is 10.5. The number of hydrogen-bond acceptors (Lipinski definition) is 1. The van der Waals surface area contributed by atoms with Crippen LogP contribution in [0.3, 0.4) is 0 Å². The molecule has 0 fully saturated rings. The van der Waals surface area contributed by atoms with Gasteiger partial charge >= 0.3 is 0 Å². The average Bonchev–Trinajstić information content (AvgIpc) is 2.89. The maximum absolute atomic E-state index is 10.1. The Hall–Kier alpha value is -3.72. The lowest BCUT2D eigenvalue weighted by atomic mass is 9.98. The fourth-order valence-corrected chi connectivity index (χ4v) is 4.16. The van der Waals surface area contributed by atoms with Crippen LogP contribution in [-0.4, -0.2) is 5.11 Å². The number of aliphatic hydroxyl groups excluding tert-OH is 1. The second-order valence-corrected chi connectivity index (χ2v) is 7.73. The SMILES string of the molecule is OCc1ccccc1-[n+]1c(-c2ccccc2)cc(-c2ccccc2)cc1-c1ccccc1.[Cl-]. The summed E-state index contributed by atoms with van der Waals surface area (Å²) in [6, 6.07) is 43.9. The molecule has 3 heteroatoms. The molecule has 0 radical (unpaired) electrons. The van der Waals surface area contributed by atoms with Crippen molar-refractivity contribution in [2.45, 2.75) is 6.61 Å². The van der Waals surface area contributed by atoms with Gasteiger partial charge in [-0.15, -0.1) is 0 Å². The Kier molecular flexibility index (Phi) is 6.99. The molecule has 5 aromatic rings. The van der Waals surface area contributed by atoms with Gasteiger partial charge in [0.15, 0.2) is 0 Å². The summed E-state index contributed by atoms with van der Waals surface area (Å²) in [5, 5.41) is 10.1. The smallest absolute Gasteiger partial charge is 0.219 e. The zero-order valence-electron chi connectivity index (χ0n) is 18.1. The van der Waals surface area contributed by atoms with E-state index in [9.17, 15) is 5.11 Å². The first-order valence-electron chi connectivity index (χ1n) is 10.8. The monoisotopic (exact) mass is 449 g/mol. The highest BCUT2D eigenvalue weighted by Crippen LogP contribution is 2.31. The molecular formula is C30H24ClNO. The number of rotatable bonds is 5. The molecule has 0 aliphatic rings. The largest absolute Gasteiger partial charge is 1.00 e. The molecule has 2 nitrogen and oxygen atoms in total. The van der Waals surface area contributed by atoms with Crippen molar-refractivity contribution in [3.05, 3.63) is 133 Å². The van der Waals surface area contributed by atoms with Crippen molar-refractivity contribution in [3.8, 4) is 39.3 Å². The van der Waals surface area contributed by atoms with Crippen LogP contribution in [0.2, 0.25) is 0 Å². The molecule has 5 rings (SSSR count). The van der Waals surface area contributed by atoms with Crippen LogP contribution < -0.4 is 17.0 Å². The van der Waals surface area contributed by atoms with Gasteiger partial charge in [-0.25, -0.2) is 0 Å². The fourth-order valence-electron chi connectivity index (χ4n) is 4.16. The van der Waals surface area contributed by atoms with E-state index in [4.69, 9.17) is 0 Å². The van der Waals surface area contributed by atoms with Gasteiger partial charge in [0.25, 0.3) is 0 Å². The zero-order chi connectivity index (χ0) is 21.8. The van der Waals surface area contributed by atoms with E-state index < -0.39 is 0 Å². The fraction of sp³-hybridized carbons (Fsp3) is 0.0333. The molecule has 4 aromatic carbocycles. The van der Waals surface area contributed by atoms with Crippen LogP contribution in [0.25, 0.3) is 39.3 Å². The number of pyridine rings is 1. The van der Waals surface area contributed by atoms with Gasteiger partial charge in [0.1, 0.15) is 0 Å². The van der Waals surface area contributed by atoms with E-state index in [-0.39, 0.29) is 19.0 Å². The van der Waals surface area contributed by atoms with Gasteiger partial charge in [-0.2, -0.15) is 4.57 Å². The average molecular weight is 450 g/mol. The molecule has 0 saturated heterocycles. The molecule has 0 aliphatic carbocycles. The van der Waals surface area contributed by atoms with Gasteiger partial charge < -0.3 is 17.5 Å². The second kappa shape index (κ2) is 10.3. The van der Waals surface area contributed by atoms with Gasteiger partial charge in [0, 0.05) is 34.9 Å². The first kappa shape index (κ1) is 22.5. The maximum atomic E-state index is 10.1. The molecule has 0 bridgehead atoms. The van der Waals surface area contributed by atoms with Crippen LogP contribution in [0.15, 0.2) is 127 Å². The topological polar surface area (TPSA) is 24.1 Å². The van der Waals surface area contributed by atoms with E-state index in [1.165, 1.54) is 5.56 Å². The third-order valence-electron chi connectivity index (χ3n) is 5.72. The Balaban J connectivity index is 0.00000259. The van der Waals surface area contributed by atoms with E-state index in [0.29, 0.717) is 0 Å². The molecule has 0 atom stereocenters. The molecule has 1 N–H and O–H groups in total. The lowest BCUT2D eigenvalue weighted by Gasteiger charge is -2.14. The standard InChI is InChI=1S/C30H24NO.ClH/c32-22-26-18-10-11-19-28(26)31-29(24-14-6-2-7-15-24)20-27(23-12-4-1-5-13-23)21-30(31)25-16-8-3-9-17-25;/h1-21,32H,22H2;1H/q+1;/p-1. The number of aliphatic hydroxyl groups is 1. The molecule has 0 amide bonds. The van der Waals surface area contributed by atoms with E-state index in [1.807, 2.05) is 36.4 Å². The van der Waals surface area contributed by atoms with E-state index in [1.54, 1.807) is 0 Å². The molecule has 162 valence electrons. The first-order valence-corrected chi connectivity index (χ1v) is 10.8. The minimum Gasteiger partial charge on any atom is -1.00 e. The summed E-state index contributed by atoms with van der Waals surface area (Å²) >= 11 is 0. The summed E-state index contributed by atoms with van der Waals surface area (Å²) in [6.07, 6.45) is 0. The lowest BCUT2D eigenvalue weighted by molar-refractivity contribution is -0.572. The van der Waals surface area contributed by atoms with Crippen LogP contribution in [0.5, 0.6) is 0 Å². The lowest BCUT2D eigenvalue weighted by Crippen LogP contribution is -3.00. The molecule has 0 unspecified atom stereocenters. The highest BCUT2D eigenvalue weighted by Gasteiger charge is 2.26. The van der Waals surface area contributed by atoms with Crippen LogP contribution in [-0.2, 0) is 6.61 Å². The van der Waals surface area contributed by atoms with Crippen molar-refractivity contribution in [3.63, 3.8) is 0 Å². The van der Waals surface area contributed by atoms with E-state index >= 15 is 0 Å². The highest BCUT2D eigenvalue weighted by atomic mass is 35.5. The van der Waals surface area contributed by atoms with Crippen molar-refractivity contribution in [2.75, 3.05) is 0 Å². The number of hydrogen-bond donors (Lipinski definition) is 1. The third kappa shape index (κ3) is 4.58. The van der Waals surface area contributed by atoms with Crippen molar-refractivity contribution < 1.29 is 22.1 Å². The minimum atomic E-state index is -0.0218. The number of benzene rings is 4. The number of nitrogens with zero attached hydrogens (tertiary/aromatic N) is 1. The molecule has 1 aromatic heterocycles. The highest BCUT2D eigenvalue weighted by molar-refractivity contribution is 5.74. The second-order valence-electron chi connectivity index (χ2n) is 7.73. The Bertz CT molecular complexity index is 1280. The Labute approximate surface area is 200 Å². The maximum Gasteiger partial charge on any atom is 0.219 e. The van der Waals surface area contributed by atoms with Gasteiger partial charge in [0.05, 0.1) is 6.61 Å². The molecular weight excluding hydrogens is 426 g/mol. The van der Waals surface area contributed by atoms with Crippen molar-refractivity contribution >= 4 is 0 Å². The molecule has 0 aliphatic heterocycles.